The van der Waals surface area contributed by atoms with Crippen molar-refractivity contribution in [2.24, 2.45) is 0 Å². The fourth-order valence-corrected chi connectivity index (χ4v) is 2.48. The molecule has 0 bridgehead atoms. The standard InChI is InChI=1S/C15H22N2O/c1-2-6-14(12-7-4-3-5-8-12)17-13-9-10-15(18)16-11-13/h3-5,7-8,13-14,17H,2,6,9-11H2,1H3,(H,16,18). The highest BCUT2D eigenvalue weighted by atomic mass is 16.1. The van der Waals surface area contributed by atoms with Crippen LogP contribution in [0.1, 0.15) is 44.2 Å². The molecule has 2 rings (SSSR count). The molecule has 1 aliphatic rings. The summed E-state index contributed by atoms with van der Waals surface area (Å²) in [6.45, 7) is 2.96. The zero-order valence-electron chi connectivity index (χ0n) is 11.0. The molecule has 1 saturated heterocycles. The Morgan fingerprint density at radius 1 is 1.39 bits per heavy atom. The van der Waals surface area contributed by atoms with Gasteiger partial charge in [-0.2, -0.15) is 0 Å². The molecule has 0 aromatic heterocycles. The molecule has 1 aromatic carbocycles. The van der Waals surface area contributed by atoms with Crippen LogP contribution in [0.15, 0.2) is 30.3 Å². The van der Waals surface area contributed by atoms with Crippen LogP contribution >= 0.6 is 0 Å². The third kappa shape index (κ3) is 3.57. The van der Waals surface area contributed by atoms with Crippen LogP contribution in [0.4, 0.5) is 0 Å². The number of hydrogen-bond acceptors (Lipinski definition) is 2. The van der Waals surface area contributed by atoms with Gasteiger partial charge in [0.2, 0.25) is 5.91 Å². The Hall–Kier alpha value is -1.35. The maximum atomic E-state index is 11.2. The molecule has 1 fully saturated rings. The zero-order valence-corrected chi connectivity index (χ0v) is 11.0. The third-order valence-corrected chi connectivity index (χ3v) is 3.48. The summed E-state index contributed by atoms with van der Waals surface area (Å²) in [6, 6.07) is 11.4. The van der Waals surface area contributed by atoms with Crippen molar-refractivity contribution in [3.8, 4) is 0 Å². The minimum atomic E-state index is 0.180. The van der Waals surface area contributed by atoms with E-state index >= 15 is 0 Å². The second-order valence-corrected chi connectivity index (χ2v) is 4.96. The zero-order chi connectivity index (χ0) is 12.8. The second kappa shape index (κ2) is 6.55. The number of hydrogen-bond donors (Lipinski definition) is 2. The van der Waals surface area contributed by atoms with E-state index in [9.17, 15) is 4.79 Å². The van der Waals surface area contributed by atoms with Gasteiger partial charge in [-0.05, 0) is 18.4 Å². The van der Waals surface area contributed by atoms with E-state index in [1.54, 1.807) is 0 Å². The fraction of sp³-hybridized carbons (Fsp3) is 0.533. The molecule has 0 saturated carbocycles. The van der Waals surface area contributed by atoms with E-state index in [2.05, 4.69) is 41.8 Å². The van der Waals surface area contributed by atoms with Crippen molar-refractivity contribution >= 4 is 5.91 Å². The van der Waals surface area contributed by atoms with Crippen LogP contribution < -0.4 is 10.6 Å². The predicted molar refractivity (Wildman–Crippen MR) is 73.3 cm³/mol. The summed E-state index contributed by atoms with van der Waals surface area (Å²) in [5.74, 6) is 0.180. The van der Waals surface area contributed by atoms with Crippen LogP contribution in [0.2, 0.25) is 0 Å². The van der Waals surface area contributed by atoms with Crippen molar-refractivity contribution in [2.45, 2.75) is 44.7 Å². The third-order valence-electron chi connectivity index (χ3n) is 3.48. The van der Waals surface area contributed by atoms with Gasteiger partial charge in [-0.25, -0.2) is 0 Å². The van der Waals surface area contributed by atoms with Crippen LogP contribution in [0.5, 0.6) is 0 Å². The van der Waals surface area contributed by atoms with E-state index in [1.165, 1.54) is 5.56 Å². The van der Waals surface area contributed by atoms with Crippen molar-refractivity contribution in [3.05, 3.63) is 35.9 Å². The van der Waals surface area contributed by atoms with E-state index in [0.717, 1.165) is 25.8 Å². The maximum Gasteiger partial charge on any atom is 0.220 e. The van der Waals surface area contributed by atoms with E-state index < -0.39 is 0 Å². The van der Waals surface area contributed by atoms with Gasteiger partial charge in [-0.3, -0.25) is 4.79 Å². The Bertz CT molecular complexity index is 367. The van der Waals surface area contributed by atoms with E-state index in [-0.39, 0.29) is 5.91 Å². The summed E-state index contributed by atoms with van der Waals surface area (Å²) in [7, 11) is 0. The number of nitrogens with one attached hydrogen (secondary N) is 2. The largest absolute Gasteiger partial charge is 0.355 e. The number of benzene rings is 1. The van der Waals surface area contributed by atoms with Crippen molar-refractivity contribution in [3.63, 3.8) is 0 Å². The van der Waals surface area contributed by atoms with Gasteiger partial charge < -0.3 is 10.6 Å². The fourth-order valence-electron chi connectivity index (χ4n) is 2.48. The monoisotopic (exact) mass is 246 g/mol. The highest BCUT2D eigenvalue weighted by Crippen LogP contribution is 2.20. The average Bonchev–Trinajstić information content (AvgIpc) is 2.42. The summed E-state index contributed by atoms with van der Waals surface area (Å²) in [6.07, 6.45) is 3.88. The van der Waals surface area contributed by atoms with Crippen molar-refractivity contribution < 1.29 is 4.79 Å². The molecule has 0 radical (unpaired) electrons. The quantitative estimate of drug-likeness (QED) is 0.837. The van der Waals surface area contributed by atoms with Gasteiger partial charge >= 0.3 is 0 Å². The Morgan fingerprint density at radius 3 is 2.78 bits per heavy atom. The summed E-state index contributed by atoms with van der Waals surface area (Å²) < 4.78 is 0. The molecule has 3 nitrogen and oxygen atoms in total. The van der Waals surface area contributed by atoms with Gasteiger partial charge in [0.1, 0.15) is 0 Å². The lowest BCUT2D eigenvalue weighted by Gasteiger charge is -2.29. The Balaban J connectivity index is 1.96. The number of rotatable bonds is 5. The van der Waals surface area contributed by atoms with Gasteiger partial charge in [0.15, 0.2) is 0 Å². The Labute approximate surface area is 109 Å². The van der Waals surface area contributed by atoms with Gasteiger partial charge in [0, 0.05) is 25.0 Å². The van der Waals surface area contributed by atoms with Crippen molar-refractivity contribution in [1.82, 2.24) is 10.6 Å². The highest BCUT2D eigenvalue weighted by molar-refractivity contribution is 5.76. The summed E-state index contributed by atoms with van der Waals surface area (Å²) in [5.41, 5.74) is 1.34. The lowest BCUT2D eigenvalue weighted by molar-refractivity contribution is -0.122. The van der Waals surface area contributed by atoms with Gasteiger partial charge in [0.05, 0.1) is 0 Å². The lowest BCUT2D eigenvalue weighted by Crippen LogP contribution is -2.46. The molecule has 2 unspecified atom stereocenters. The Kier molecular flexibility index (Phi) is 4.76. The molecular formula is C15H22N2O. The normalized spacial score (nSPS) is 21.4. The summed E-state index contributed by atoms with van der Waals surface area (Å²) in [4.78, 5) is 11.2. The van der Waals surface area contributed by atoms with E-state index in [4.69, 9.17) is 0 Å². The summed E-state index contributed by atoms with van der Waals surface area (Å²) in [5, 5.41) is 6.61. The highest BCUT2D eigenvalue weighted by Gasteiger charge is 2.21. The van der Waals surface area contributed by atoms with Gasteiger partial charge in [0.25, 0.3) is 0 Å². The molecule has 0 spiro atoms. The molecule has 1 heterocycles. The predicted octanol–water partition coefficient (Wildman–Crippen LogP) is 2.40. The molecular weight excluding hydrogens is 224 g/mol. The smallest absolute Gasteiger partial charge is 0.220 e. The molecule has 18 heavy (non-hydrogen) atoms. The minimum absolute atomic E-state index is 0.180. The molecule has 3 heteroatoms. The van der Waals surface area contributed by atoms with Crippen LogP contribution in [-0.4, -0.2) is 18.5 Å². The average molecular weight is 246 g/mol. The first-order valence-corrected chi connectivity index (χ1v) is 6.87. The first-order chi connectivity index (χ1) is 8.79. The lowest BCUT2D eigenvalue weighted by atomic mass is 9.99. The van der Waals surface area contributed by atoms with Gasteiger partial charge in [-0.15, -0.1) is 0 Å². The number of amides is 1. The summed E-state index contributed by atoms with van der Waals surface area (Å²) >= 11 is 0. The Morgan fingerprint density at radius 2 is 2.17 bits per heavy atom. The number of piperidine rings is 1. The number of carbonyl (C=O) groups excluding carboxylic acids is 1. The SMILES string of the molecule is CCCC(NC1CCC(=O)NC1)c1ccccc1. The van der Waals surface area contributed by atoms with Crippen LogP contribution in [0.25, 0.3) is 0 Å². The van der Waals surface area contributed by atoms with Crippen LogP contribution in [0.3, 0.4) is 0 Å². The van der Waals surface area contributed by atoms with Crippen LogP contribution in [-0.2, 0) is 4.79 Å². The molecule has 2 atom stereocenters. The number of carbonyl (C=O) groups is 1. The molecule has 98 valence electrons. The molecule has 0 aliphatic carbocycles. The van der Waals surface area contributed by atoms with Crippen molar-refractivity contribution in [1.29, 1.82) is 0 Å². The van der Waals surface area contributed by atoms with Gasteiger partial charge in [-0.1, -0.05) is 43.7 Å². The minimum Gasteiger partial charge on any atom is -0.355 e. The molecule has 1 amide bonds. The topological polar surface area (TPSA) is 41.1 Å². The second-order valence-electron chi connectivity index (χ2n) is 4.96. The first-order valence-electron chi connectivity index (χ1n) is 6.87. The van der Waals surface area contributed by atoms with E-state index in [0.29, 0.717) is 18.5 Å². The van der Waals surface area contributed by atoms with Crippen LogP contribution in [0, 0.1) is 0 Å². The first kappa shape index (κ1) is 13.1. The van der Waals surface area contributed by atoms with Crippen molar-refractivity contribution in [2.75, 3.05) is 6.54 Å². The van der Waals surface area contributed by atoms with E-state index in [1.807, 2.05) is 6.07 Å². The molecule has 2 N–H and O–H groups in total. The molecule has 1 aromatic rings. The maximum absolute atomic E-state index is 11.2. The molecule has 1 aliphatic heterocycles.